The molecule has 2 aliphatic rings. The quantitative estimate of drug-likeness (QED) is 0.648. The zero-order valence-electron chi connectivity index (χ0n) is 12.6. The molecule has 0 radical (unpaired) electrons. The summed E-state index contributed by atoms with van der Waals surface area (Å²) in [7, 11) is 0. The molecule has 0 unspecified atom stereocenters. The molecule has 2 heterocycles. The molecule has 1 aromatic rings. The van der Waals surface area contributed by atoms with Crippen molar-refractivity contribution in [3.05, 3.63) is 35.4 Å². The fourth-order valence-electron chi connectivity index (χ4n) is 2.57. The van der Waals surface area contributed by atoms with Gasteiger partial charge in [-0.25, -0.2) is 9.59 Å². The van der Waals surface area contributed by atoms with Crippen molar-refractivity contribution in [3.8, 4) is 0 Å². The predicted octanol–water partition coefficient (Wildman–Crippen LogP) is 1.07. The molecule has 3 amide bonds. The number of nitrogens with one attached hydrogen (secondary N) is 1. The Hall–Kier alpha value is -2.41. The molecule has 0 saturated carbocycles. The highest BCUT2D eigenvalue weighted by molar-refractivity contribution is 6.01. The van der Waals surface area contributed by atoms with Gasteiger partial charge in [-0.05, 0) is 30.5 Å². The second-order valence-electron chi connectivity index (χ2n) is 5.57. The van der Waals surface area contributed by atoms with Gasteiger partial charge < -0.3 is 14.8 Å². The van der Waals surface area contributed by atoms with Crippen molar-refractivity contribution < 1.29 is 23.9 Å². The summed E-state index contributed by atoms with van der Waals surface area (Å²) in [6.45, 7) is 1.21. The molecule has 0 bridgehead atoms. The lowest BCUT2D eigenvalue weighted by molar-refractivity contribution is -0.125. The third kappa shape index (κ3) is 3.68. The molecular weight excluding hydrogens is 300 g/mol. The first-order valence-corrected chi connectivity index (χ1v) is 7.59. The van der Waals surface area contributed by atoms with Crippen LogP contribution in [-0.2, 0) is 20.8 Å². The maximum Gasteiger partial charge on any atom is 0.338 e. The third-order valence-electron chi connectivity index (χ3n) is 3.89. The molecule has 7 heteroatoms. The van der Waals surface area contributed by atoms with Gasteiger partial charge in [0.2, 0.25) is 5.91 Å². The Morgan fingerprint density at radius 3 is 2.70 bits per heavy atom. The molecule has 1 aromatic carbocycles. The fourth-order valence-corrected chi connectivity index (χ4v) is 2.57. The van der Waals surface area contributed by atoms with Crippen LogP contribution in [-0.4, -0.2) is 48.7 Å². The van der Waals surface area contributed by atoms with Crippen molar-refractivity contribution in [1.29, 1.82) is 0 Å². The highest BCUT2D eigenvalue weighted by Crippen LogP contribution is 2.14. The van der Waals surface area contributed by atoms with Gasteiger partial charge in [0, 0.05) is 6.61 Å². The Morgan fingerprint density at radius 1 is 1.30 bits per heavy atom. The van der Waals surface area contributed by atoms with E-state index < -0.39 is 12.0 Å². The molecule has 0 spiro atoms. The van der Waals surface area contributed by atoms with E-state index in [0.29, 0.717) is 5.56 Å². The Kier molecular flexibility index (Phi) is 4.57. The summed E-state index contributed by atoms with van der Waals surface area (Å²) in [6.07, 6.45) is 1.91. The summed E-state index contributed by atoms with van der Waals surface area (Å²) < 4.78 is 10.6. The van der Waals surface area contributed by atoms with Crippen molar-refractivity contribution in [3.63, 3.8) is 0 Å². The van der Waals surface area contributed by atoms with Gasteiger partial charge in [-0.3, -0.25) is 9.69 Å². The van der Waals surface area contributed by atoms with Gasteiger partial charge in [-0.1, -0.05) is 12.1 Å². The zero-order valence-corrected chi connectivity index (χ0v) is 12.6. The van der Waals surface area contributed by atoms with Crippen molar-refractivity contribution in [2.24, 2.45) is 0 Å². The van der Waals surface area contributed by atoms with E-state index in [-0.39, 0.29) is 31.7 Å². The first-order valence-electron chi connectivity index (χ1n) is 7.59. The average Bonchev–Trinajstić information content (AvgIpc) is 3.18. The number of carbonyl (C=O) groups excluding carboxylic acids is 3. The molecular formula is C16H18N2O5. The smallest absolute Gasteiger partial charge is 0.338 e. The minimum atomic E-state index is -0.401. The second-order valence-corrected chi connectivity index (χ2v) is 5.57. The van der Waals surface area contributed by atoms with E-state index in [1.165, 1.54) is 0 Å². The number of urea groups is 1. The lowest BCUT2D eigenvalue weighted by Gasteiger charge is -2.13. The lowest BCUT2D eigenvalue weighted by Crippen LogP contribution is -2.30. The van der Waals surface area contributed by atoms with Crippen LogP contribution in [0.25, 0.3) is 0 Å². The molecule has 1 N–H and O–H groups in total. The highest BCUT2D eigenvalue weighted by atomic mass is 16.6. The number of hydrogen-bond acceptors (Lipinski definition) is 5. The Labute approximate surface area is 133 Å². The van der Waals surface area contributed by atoms with Gasteiger partial charge in [0.25, 0.3) is 0 Å². The summed E-state index contributed by atoms with van der Waals surface area (Å²) in [4.78, 5) is 36.1. The fraction of sp³-hybridized carbons (Fsp3) is 0.438. The number of nitrogens with zero attached hydrogens (tertiary/aromatic N) is 1. The number of ether oxygens (including phenoxy) is 2. The Bertz CT molecular complexity index is 591. The van der Waals surface area contributed by atoms with Crippen LogP contribution in [0.4, 0.5) is 4.79 Å². The number of hydrogen-bond donors (Lipinski definition) is 1. The SMILES string of the molecule is O=C(OC[C@@H]1CCCO1)c1ccc(CN2C(=O)CNC2=O)cc1. The topological polar surface area (TPSA) is 84.9 Å². The number of carbonyl (C=O) groups is 3. The standard InChI is InChI=1S/C16H18N2O5/c19-14-8-17-16(21)18(14)9-11-3-5-12(6-4-11)15(20)23-10-13-2-1-7-22-13/h3-6,13H,1-2,7-10H2,(H,17,21)/t13-/m0/s1. The van der Waals surface area contributed by atoms with E-state index in [4.69, 9.17) is 9.47 Å². The van der Waals surface area contributed by atoms with Crippen LogP contribution in [0.5, 0.6) is 0 Å². The lowest BCUT2D eigenvalue weighted by atomic mass is 10.1. The molecule has 2 saturated heterocycles. The van der Waals surface area contributed by atoms with Crippen molar-refractivity contribution in [1.82, 2.24) is 10.2 Å². The molecule has 0 aromatic heterocycles. The van der Waals surface area contributed by atoms with Gasteiger partial charge in [0.05, 0.1) is 24.8 Å². The summed E-state index contributed by atoms with van der Waals surface area (Å²) >= 11 is 0. The first-order chi connectivity index (χ1) is 11.1. The summed E-state index contributed by atoms with van der Waals surface area (Å²) in [5.41, 5.74) is 1.20. The summed E-state index contributed by atoms with van der Waals surface area (Å²) in [5, 5.41) is 2.46. The van der Waals surface area contributed by atoms with Crippen molar-refractivity contribution >= 4 is 17.9 Å². The van der Waals surface area contributed by atoms with Crippen LogP contribution in [0.15, 0.2) is 24.3 Å². The normalized spacial score (nSPS) is 20.7. The largest absolute Gasteiger partial charge is 0.459 e. The first kappa shape index (κ1) is 15.5. The van der Waals surface area contributed by atoms with Crippen LogP contribution in [0.1, 0.15) is 28.8 Å². The van der Waals surface area contributed by atoms with E-state index in [0.717, 1.165) is 29.9 Å². The molecule has 1 atom stereocenters. The Morgan fingerprint density at radius 2 is 2.09 bits per heavy atom. The molecule has 2 fully saturated rings. The van der Waals surface area contributed by atoms with Crippen LogP contribution in [0.2, 0.25) is 0 Å². The van der Waals surface area contributed by atoms with Crippen LogP contribution in [0, 0.1) is 0 Å². The minimum Gasteiger partial charge on any atom is -0.459 e. The number of amides is 3. The average molecular weight is 318 g/mol. The number of rotatable bonds is 5. The van der Waals surface area contributed by atoms with Crippen LogP contribution < -0.4 is 5.32 Å². The minimum absolute atomic E-state index is 0.00193. The van der Waals surface area contributed by atoms with E-state index in [9.17, 15) is 14.4 Å². The molecule has 122 valence electrons. The van der Waals surface area contributed by atoms with E-state index in [2.05, 4.69) is 5.32 Å². The highest BCUT2D eigenvalue weighted by Gasteiger charge is 2.28. The van der Waals surface area contributed by atoms with E-state index >= 15 is 0 Å². The zero-order chi connectivity index (χ0) is 16.2. The van der Waals surface area contributed by atoms with Gasteiger partial charge in [-0.2, -0.15) is 0 Å². The van der Waals surface area contributed by atoms with E-state index in [1.807, 2.05) is 0 Å². The summed E-state index contributed by atoms with van der Waals surface area (Å²) in [5.74, 6) is -0.655. The van der Waals surface area contributed by atoms with Crippen molar-refractivity contribution in [2.75, 3.05) is 19.8 Å². The number of esters is 1. The van der Waals surface area contributed by atoms with E-state index in [1.54, 1.807) is 24.3 Å². The van der Waals surface area contributed by atoms with Gasteiger partial charge in [0.15, 0.2) is 0 Å². The number of imide groups is 1. The van der Waals surface area contributed by atoms with Crippen molar-refractivity contribution in [2.45, 2.75) is 25.5 Å². The third-order valence-corrected chi connectivity index (χ3v) is 3.89. The maximum absolute atomic E-state index is 12.0. The van der Waals surface area contributed by atoms with Crippen LogP contribution in [0.3, 0.4) is 0 Å². The molecule has 3 rings (SSSR count). The monoisotopic (exact) mass is 318 g/mol. The molecule has 23 heavy (non-hydrogen) atoms. The maximum atomic E-state index is 12.0. The number of benzene rings is 1. The van der Waals surface area contributed by atoms with Gasteiger partial charge in [0.1, 0.15) is 6.61 Å². The second kappa shape index (κ2) is 6.78. The van der Waals surface area contributed by atoms with Gasteiger partial charge in [-0.15, -0.1) is 0 Å². The predicted molar refractivity (Wildman–Crippen MR) is 79.6 cm³/mol. The van der Waals surface area contributed by atoms with Crippen LogP contribution >= 0.6 is 0 Å². The molecule has 2 aliphatic heterocycles. The molecule has 7 nitrogen and oxygen atoms in total. The summed E-state index contributed by atoms with van der Waals surface area (Å²) in [6, 6.07) is 6.29. The molecule has 0 aliphatic carbocycles. The van der Waals surface area contributed by atoms with Gasteiger partial charge >= 0.3 is 12.0 Å². The Balaban J connectivity index is 1.54.